The van der Waals surface area contributed by atoms with Gasteiger partial charge < -0.3 is 19.8 Å². The van der Waals surface area contributed by atoms with E-state index in [0.717, 1.165) is 88.9 Å². The number of nitrogens with zero attached hydrogens (tertiary/aromatic N) is 3. The molecule has 55 heavy (non-hydrogen) atoms. The molecule has 1 saturated heterocycles. The first kappa shape index (κ1) is 40.4. The minimum Gasteiger partial charge on any atom is -0.481 e. The molecule has 5 fully saturated rings. The number of anilines is 1. The number of rotatable bonds is 9. The van der Waals surface area contributed by atoms with Crippen LogP contribution in [0.3, 0.4) is 0 Å². The van der Waals surface area contributed by atoms with Crippen LogP contribution in [0.2, 0.25) is 0 Å². The Balaban J connectivity index is 1.12. The summed E-state index contributed by atoms with van der Waals surface area (Å²) in [7, 11) is 0. The van der Waals surface area contributed by atoms with Crippen LogP contribution in [0.25, 0.3) is 0 Å². The monoisotopic (exact) mass is 760 g/mol. The molecule has 304 valence electrons. The fraction of sp³-hybridized carbons (Fsp3) is 0.783. The highest BCUT2D eigenvalue weighted by Crippen LogP contribution is 2.77. The molecule has 0 amide bonds. The van der Waals surface area contributed by atoms with Gasteiger partial charge in [0.1, 0.15) is 11.9 Å². The lowest BCUT2D eigenvalue weighted by Crippen LogP contribution is -2.66. The number of aliphatic carboxylic acids is 1. The summed E-state index contributed by atoms with van der Waals surface area (Å²) in [4.78, 5) is 48.4. The molecule has 9 nitrogen and oxygen atoms in total. The zero-order valence-electron chi connectivity index (χ0n) is 35.2. The number of carbonyl (C=O) groups is 3. The summed E-state index contributed by atoms with van der Waals surface area (Å²) in [5.41, 5.74) is 0.573. The Morgan fingerprint density at radius 1 is 0.927 bits per heavy atom. The predicted molar refractivity (Wildman–Crippen MR) is 214 cm³/mol. The van der Waals surface area contributed by atoms with Gasteiger partial charge in [0, 0.05) is 56.2 Å². The minimum atomic E-state index is -1.16. The van der Waals surface area contributed by atoms with E-state index in [2.05, 4.69) is 69.3 Å². The van der Waals surface area contributed by atoms with Gasteiger partial charge in [-0.1, -0.05) is 60.1 Å². The van der Waals surface area contributed by atoms with Gasteiger partial charge in [0.25, 0.3) is 0 Å². The lowest BCUT2D eigenvalue weighted by molar-refractivity contribution is -0.235. The fourth-order valence-corrected chi connectivity index (χ4v) is 14.0. The third-order valence-electron chi connectivity index (χ3n) is 17.3. The van der Waals surface area contributed by atoms with E-state index in [1.165, 1.54) is 5.57 Å². The van der Waals surface area contributed by atoms with Gasteiger partial charge in [0.15, 0.2) is 5.78 Å². The van der Waals surface area contributed by atoms with Crippen LogP contribution in [0.5, 0.6) is 0 Å². The Labute approximate surface area is 330 Å². The van der Waals surface area contributed by atoms with Crippen molar-refractivity contribution in [1.82, 2.24) is 9.88 Å². The van der Waals surface area contributed by atoms with Gasteiger partial charge in [0.2, 0.25) is 0 Å². The second kappa shape index (κ2) is 14.0. The molecule has 1 aromatic heterocycles. The number of aliphatic hydroxyl groups excluding tert-OH is 1. The lowest BCUT2D eigenvalue weighted by Gasteiger charge is -2.72. The van der Waals surface area contributed by atoms with Crippen LogP contribution >= 0.6 is 0 Å². The van der Waals surface area contributed by atoms with Crippen LogP contribution in [0.15, 0.2) is 35.5 Å². The number of Topliss-reactive ketones (excluding diaryl/α,β-unsaturated/α-hetero) is 1. The number of allylic oxidation sites excluding steroid dienone is 1. The summed E-state index contributed by atoms with van der Waals surface area (Å²) in [6.07, 6.45) is 9.25. The Morgan fingerprint density at radius 3 is 2.27 bits per heavy atom. The van der Waals surface area contributed by atoms with E-state index >= 15 is 0 Å². The van der Waals surface area contributed by atoms with Crippen LogP contribution in [-0.4, -0.2) is 82.8 Å². The van der Waals surface area contributed by atoms with Crippen LogP contribution in [-0.2, 0) is 19.1 Å². The third-order valence-corrected chi connectivity index (χ3v) is 17.3. The first-order valence-electron chi connectivity index (χ1n) is 21.5. The van der Waals surface area contributed by atoms with E-state index in [1.807, 2.05) is 18.3 Å². The molecule has 0 aromatic carbocycles. The molecule has 5 aliphatic carbocycles. The largest absolute Gasteiger partial charge is 0.481 e. The first-order valence-corrected chi connectivity index (χ1v) is 21.5. The van der Waals surface area contributed by atoms with Crippen molar-refractivity contribution < 1.29 is 29.3 Å². The second-order valence-corrected chi connectivity index (χ2v) is 21.0. The number of aromatic nitrogens is 1. The molecule has 0 radical (unpaired) electrons. The second-order valence-electron chi connectivity index (χ2n) is 21.0. The number of ketones is 1. The molecule has 0 spiro atoms. The molecule has 9 atom stereocenters. The topological polar surface area (TPSA) is 120 Å². The molecule has 1 aromatic rings. The quantitative estimate of drug-likeness (QED) is 0.242. The zero-order chi connectivity index (χ0) is 39.9. The molecule has 7 rings (SSSR count). The number of aliphatic hydroxyl groups is 1. The molecule has 2 heterocycles. The SMILES string of the molecule is CC(C)C1=C2[C@H]3CC[C@@H]4[C@@]5(C)CC[C@H](OC(=O)CC(C)(C)C(=O)O)C(C)(C)[C@@H]5CC[C@@]4(C)[C@]3(C)CC[C@@]2([C@H](O)CN2CCN(c3ccccn3)CC2)CC1=O. The van der Waals surface area contributed by atoms with Gasteiger partial charge in [-0.2, -0.15) is 0 Å². The predicted octanol–water partition coefficient (Wildman–Crippen LogP) is 7.96. The summed E-state index contributed by atoms with van der Waals surface area (Å²) in [6.45, 7) is 23.8. The summed E-state index contributed by atoms with van der Waals surface area (Å²) >= 11 is 0. The number of pyridine rings is 1. The van der Waals surface area contributed by atoms with Crippen molar-refractivity contribution in [2.45, 2.75) is 139 Å². The summed E-state index contributed by atoms with van der Waals surface area (Å²) < 4.78 is 6.19. The average molecular weight is 760 g/mol. The number of esters is 1. The Hall–Kier alpha value is -2.78. The van der Waals surface area contributed by atoms with Crippen LogP contribution in [0, 0.1) is 56.2 Å². The van der Waals surface area contributed by atoms with E-state index in [0.29, 0.717) is 24.8 Å². The van der Waals surface area contributed by atoms with Gasteiger partial charge in [0.05, 0.1) is 17.9 Å². The molecule has 2 N–H and O–H groups in total. The highest BCUT2D eigenvalue weighted by molar-refractivity contribution is 6.00. The van der Waals surface area contributed by atoms with E-state index in [4.69, 9.17) is 4.74 Å². The number of ether oxygens (including phenoxy) is 1. The summed E-state index contributed by atoms with van der Waals surface area (Å²) in [5, 5.41) is 22.1. The number of hydrogen-bond donors (Lipinski definition) is 2. The van der Waals surface area contributed by atoms with E-state index in [9.17, 15) is 24.6 Å². The number of hydrogen-bond acceptors (Lipinski definition) is 8. The summed E-state index contributed by atoms with van der Waals surface area (Å²) in [5.74, 6) is 1.13. The number of fused-ring (bicyclic) bond motifs is 7. The number of carboxylic acid groups (broad SMARTS) is 1. The Kier molecular flexibility index (Phi) is 10.3. The normalized spacial score (nSPS) is 38.2. The van der Waals surface area contributed by atoms with Crippen LogP contribution < -0.4 is 4.90 Å². The smallest absolute Gasteiger partial charge is 0.309 e. The number of β-amino-alcohol motifs (C(OH)–C–C–N with tert-alkyl or cyclic N) is 1. The maximum absolute atomic E-state index is 14.2. The molecular weight excluding hydrogens is 691 g/mol. The van der Waals surface area contributed by atoms with Crippen LogP contribution in [0.4, 0.5) is 5.82 Å². The number of piperazine rings is 1. The molecule has 0 bridgehead atoms. The molecule has 1 aliphatic heterocycles. The van der Waals surface area contributed by atoms with Crippen molar-refractivity contribution in [2.24, 2.45) is 56.2 Å². The van der Waals surface area contributed by atoms with Gasteiger partial charge in [-0.3, -0.25) is 19.3 Å². The minimum absolute atomic E-state index is 0.00259. The van der Waals surface area contributed by atoms with Gasteiger partial charge >= 0.3 is 11.9 Å². The maximum atomic E-state index is 14.2. The zero-order valence-corrected chi connectivity index (χ0v) is 35.2. The lowest BCUT2D eigenvalue weighted by atomic mass is 9.33. The molecule has 9 heteroatoms. The van der Waals surface area contributed by atoms with Crippen molar-refractivity contribution >= 4 is 23.5 Å². The van der Waals surface area contributed by atoms with Crippen molar-refractivity contribution in [3.05, 3.63) is 35.5 Å². The highest BCUT2D eigenvalue weighted by Gasteiger charge is 2.71. The Morgan fingerprint density at radius 2 is 1.64 bits per heavy atom. The highest BCUT2D eigenvalue weighted by atomic mass is 16.5. The van der Waals surface area contributed by atoms with Gasteiger partial charge in [-0.15, -0.1) is 0 Å². The van der Waals surface area contributed by atoms with E-state index in [1.54, 1.807) is 13.8 Å². The fourth-order valence-electron chi connectivity index (χ4n) is 14.0. The van der Waals surface area contributed by atoms with Crippen molar-refractivity contribution in [2.75, 3.05) is 37.6 Å². The molecule has 6 aliphatic rings. The number of carbonyl (C=O) groups excluding carboxylic acids is 2. The first-order chi connectivity index (χ1) is 25.7. The third kappa shape index (κ3) is 6.31. The van der Waals surface area contributed by atoms with E-state index < -0.39 is 28.9 Å². The Bertz CT molecular complexity index is 1700. The van der Waals surface area contributed by atoms with Crippen molar-refractivity contribution in [3.63, 3.8) is 0 Å². The van der Waals surface area contributed by atoms with Crippen molar-refractivity contribution in [1.29, 1.82) is 0 Å². The molecule has 4 saturated carbocycles. The van der Waals surface area contributed by atoms with Crippen LogP contribution in [0.1, 0.15) is 127 Å². The van der Waals surface area contributed by atoms with E-state index in [-0.39, 0.29) is 51.8 Å². The average Bonchev–Trinajstić information content (AvgIpc) is 3.43. The molecular formula is C46H69N3O6. The summed E-state index contributed by atoms with van der Waals surface area (Å²) in [6, 6.07) is 6.05. The maximum Gasteiger partial charge on any atom is 0.309 e. The number of carboxylic acids is 1. The van der Waals surface area contributed by atoms with Crippen molar-refractivity contribution in [3.8, 4) is 0 Å². The van der Waals surface area contributed by atoms with Gasteiger partial charge in [-0.25, -0.2) is 4.98 Å². The standard InChI is InChI=1S/C46H69N3O6/c1-29(2)38-31(50)26-46(34(51)28-48-22-24-49(25-23-48)36-12-10-11-21-47-36)20-19-44(8)30(39(38)46)13-14-33-43(7)17-16-35(55-37(52)27-41(3,4)40(53)54)42(5,6)32(43)15-18-45(33,44)9/h10-12,21,29-30,32-35,51H,13-20,22-28H2,1-9H3,(H,53,54)/t30-,32+,33-,34-,35+,43+,44-,45-,46+/m1/s1. The molecule has 0 unspecified atom stereocenters. The van der Waals surface area contributed by atoms with Gasteiger partial charge in [-0.05, 0) is 123 Å².